The van der Waals surface area contributed by atoms with Gasteiger partial charge in [0, 0.05) is 12.6 Å². The van der Waals surface area contributed by atoms with Crippen molar-refractivity contribution in [3.05, 3.63) is 41.5 Å². The number of hydrazone groups is 1. The number of hydrogen-bond donors (Lipinski definition) is 3. The molecule has 0 saturated heterocycles. The lowest BCUT2D eigenvalue weighted by molar-refractivity contribution is -0.500. The third-order valence-corrected chi connectivity index (χ3v) is 2.21. The molecule has 1 aromatic carbocycles. The highest BCUT2D eigenvalue weighted by molar-refractivity contribution is 7.80. The summed E-state index contributed by atoms with van der Waals surface area (Å²) in [5.41, 5.74) is 5.11. The smallest absolute Gasteiger partial charge is 0.223 e. The first-order chi connectivity index (χ1) is 7.72. The van der Waals surface area contributed by atoms with Crippen LogP contribution in [0.15, 0.2) is 35.9 Å². The van der Waals surface area contributed by atoms with Crippen LogP contribution in [0.4, 0.5) is 0 Å². The van der Waals surface area contributed by atoms with E-state index >= 15 is 0 Å². The van der Waals surface area contributed by atoms with E-state index in [1.54, 1.807) is 7.05 Å². The number of thiocarbonyl (C=S) groups is 1. The van der Waals surface area contributed by atoms with Crippen LogP contribution in [0.5, 0.6) is 0 Å². The van der Waals surface area contributed by atoms with Crippen molar-refractivity contribution >= 4 is 29.6 Å². The van der Waals surface area contributed by atoms with Gasteiger partial charge in [0.15, 0.2) is 6.21 Å². The quantitative estimate of drug-likeness (QED) is 0.399. The van der Waals surface area contributed by atoms with E-state index in [9.17, 15) is 0 Å². The Hall–Kier alpha value is -1.68. The van der Waals surface area contributed by atoms with Crippen LogP contribution in [0.3, 0.4) is 0 Å². The highest BCUT2D eigenvalue weighted by Gasteiger charge is 1.92. The van der Waals surface area contributed by atoms with Crippen LogP contribution in [-0.2, 0) is 0 Å². The average Bonchev–Trinajstić information content (AvgIpc) is 2.30. The summed E-state index contributed by atoms with van der Waals surface area (Å²) in [7, 11) is 1.77. The Bertz CT molecular complexity index is 396. The molecule has 0 aliphatic carbocycles. The van der Waals surface area contributed by atoms with Crippen molar-refractivity contribution in [3.63, 3.8) is 0 Å². The molecular weight excluding hydrogens is 218 g/mol. The molecule has 0 aliphatic heterocycles. The topological polar surface area (TPSA) is 38.0 Å². The second kappa shape index (κ2) is 6.74. The summed E-state index contributed by atoms with van der Waals surface area (Å²) in [6.45, 7) is 2.02. The van der Waals surface area contributed by atoms with Gasteiger partial charge in [-0.3, -0.25) is 0 Å². The molecule has 0 fully saturated rings. The first-order valence-electron chi connectivity index (χ1n) is 5.02. The van der Waals surface area contributed by atoms with Gasteiger partial charge >= 0.3 is 0 Å². The van der Waals surface area contributed by atoms with Gasteiger partial charge in [-0.2, -0.15) is 0 Å². The third kappa shape index (κ3) is 4.70. The van der Waals surface area contributed by atoms with Crippen LogP contribution < -0.4 is 15.8 Å². The molecule has 3 nitrogen and oxygen atoms in total. The zero-order chi connectivity index (χ0) is 11.8. The lowest BCUT2D eigenvalue weighted by Crippen LogP contribution is -2.82. The zero-order valence-electron chi connectivity index (χ0n) is 9.45. The molecule has 0 radical (unpaired) electrons. The van der Waals surface area contributed by atoms with E-state index in [1.165, 1.54) is 5.56 Å². The van der Waals surface area contributed by atoms with Crippen LogP contribution in [0.2, 0.25) is 0 Å². The molecule has 1 rings (SSSR count). The fourth-order valence-electron chi connectivity index (χ4n) is 1.13. The lowest BCUT2D eigenvalue weighted by Gasteiger charge is -1.95. The van der Waals surface area contributed by atoms with E-state index in [-0.39, 0.29) is 0 Å². The van der Waals surface area contributed by atoms with Crippen molar-refractivity contribution in [1.29, 1.82) is 0 Å². The molecule has 1 aromatic rings. The Morgan fingerprint density at radius 3 is 2.62 bits per heavy atom. The van der Waals surface area contributed by atoms with E-state index < -0.39 is 0 Å². The third-order valence-electron chi connectivity index (χ3n) is 1.91. The normalized spacial score (nSPS) is 11.5. The number of rotatable bonds is 3. The van der Waals surface area contributed by atoms with Crippen molar-refractivity contribution in [3.8, 4) is 0 Å². The van der Waals surface area contributed by atoms with Gasteiger partial charge in [0.2, 0.25) is 5.11 Å². The van der Waals surface area contributed by atoms with E-state index in [0.717, 1.165) is 5.57 Å². The summed E-state index contributed by atoms with van der Waals surface area (Å²) in [5.74, 6) is 0. The Labute approximate surface area is 101 Å². The van der Waals surface area contributed by atoms with E-state index in [2.05, 4.69) is 34.1 Å². The summed E-state index contributed by atoms with van der Waals surface area (Å²) in [6, 6.07) is 10.1. The monoisotopic (exact) mass is 234 g/mol. The Morgan fingerprint density at radius 1 is 1.31 bits per heavy atom. The van der Waals surface area contributed by atoms with Gasteiger partial charge in [0.1, 0.15) is 0 Å². The van der Waals surface area contributed by atoms with Crippen molar-refractivity contribution in [2.45, 2.75) is 6.92 Å². The standard InChI is InChI=1S/C12H15N3S/c1-10(9-14-15-12(16)13-2)8-11-6-4-3-5-7-11/h3-9H,1-2H3,(H2,13,15,16)/p+1. The Balaban J connectivity index is 2.55. The minimum absolute atomic E-state index is 0.559. The second-order valence-electron chi connectivity index (χ2n) is 3.29. The minimum atomic E-state index is 0.559. The minimum Gasteiger partial charge on any atom is -0.361 e. The predicted octanol–water partition coefficient (Wildman–Crippen LogP) is 0.250. The molecule has 4 heteroatoms. The molecule has 0 amide bonds. The molecule has 16 heavy (non-hydrogen) atoms. The molecule has 3 N–H and O–H groups in total. The van der Waals surface area contributed by atoms with Crippen LogP contribution in [0.1, 0.15) is 12.5 Å². The molecule has 0 aliphatic rings. The summed E-state index contributed by atoms with van der Waals surface area (Å²) in [5, 5.41) is 6.27. The molecule has 84 valence electrons. The van der Waals surface area contributed by atoms with Gasteiger partial charge < -0.3 is 5.32 Å². The maximum Gasteiger partial charge on any atom is 0.223 e. The summed E-state index contributed by atoms with van der Waals surface area (Å²) in [4.78, 5) is 0. The second-order valence-corrected chi connectivity index (χ2v) is 3.70. The molecule has 0 aromatic heterocycles. The van der Waals surface area contributed by atoms with Crippen LogP contribution >= 0.6 is 12.2 Å². The van der Waals surface area contributed by atoms with E-state index in [0.29, 0.717) is 5.11 Å². The van der Waals surface area contributed by atoms with E-state index in [1.807, 2.05) is 31.3 Å². The first-order valence-corrected chi connectivity index (χ1v) is 5.43. The average molecular weight is 234 g/mol. The van der Waals surface area contributed by atoms with Crippen molar-refractivity contribution in [2.24, 2.45) is 0 Å². The van der Waals surface area contributed by atoms with Crippen molar-refractivity contribution in [1.82, 2.24) is 10.7 Å². The van der Waals surface area contributed by atoms with Gasteiger partial charge in [0.05, 0.1) is 0 Å². The molecule has 0 heterocycles. The Morgan fingerprint density at radius 2 is 2.00 bits per heavy atom. The maximum atomic E-state index is 4.91. The highest BCUT2D eigenvalue weighted by atomic mass is 32.1. The molecule has 0 bridgehead atoms. The largest absolute Gasteiger partial charge is 0.361 e. The van der Waals surface area contributed by atoms with Crippen LogP contribution in [-0.4, -0.2) is 18.4 Å². The maximum absolute atomic E-state index is 4.91. The van der Waals surface area contributed by atoms with Gasteiger partial charge in [-0.25, -0.2) is 0 Å². The highest BCUT2D eigenvalue weighted by Crippen LogP contribution is 2.03. The summed E-state index contributed by atoms with van der Waals surface area (Å²) < 4.78 is 0. The van der Waals surface area contributed by atoms with Gasteiger partial charge in [-0.05, 0) is 30.8 Å². The SMILES string of the molecule is CNC(=S)N[NH+]=CC(C)=Cc1ccccc1. The number of benzene rings is 1. The molecule has 0 unspecified atom stereocenters. The summed E-state index contributed by atoms with van der Waals surface area (Å²) >= 11 is 4.91. The fraction of sp³-hybridized carbons (Fsp3) is 0.167. The van der Waals surface area contributed by atoms with Gasteiger partial charge in [-0.15, -0.1) is 10.5 Å². The molecule has 0 atom stereocenters. The van der Waals surface area contributed by atoms with Crippen LogP contribution in [0.25, 0.3) is 6.08 Å². The van der Waals surface area contributed by atoms with E-state index in [4.69, 9.17) is 12.2 Å². The zero-order valence-corrected chi connectivity index (χ0v) is 10.3. The lowest BCUT2D eigenvalue weighted by atomic mass is 10.1. The van der Waals surface area contributed by atoms with Gasteiger partial charge in [-0.1, -0.05) is 30.3 Å². The first kappa shape index (κ1) is 12.4. The molecular formula is C12H16N3S+. The Kier molecular flexibility index (Phi) is 5.22. The fourth-order valence-corrected chi connectivity index (χ4v) is 1.19. The summed E-state index contributed by atoms with van der Waals surface area (Å²) in [6.07, 6.45) is 3.94. The van der Waals surface area contributed by atoms with Crippen molar-refractivity contribution < 1.29 is 5.10 Å². The number of hydrogen-bond acceptors (Lipinski definition) is 1. The number of hydrazine groups is 1. The van der Waals surface area contributed by atoms with Gasteiger partial charge in [0.25, 0.3) is 0 Å². The van der Waals surface area contributed by atoms with Crippen LogP contribution in [0, 0.1) is 0 Å². The number of allylic oxidation sites excluding steroid dienone is 1. The molecule has 0 saturated carbocycles. The molecule has 0 spiro atoms. The number of nitrogens with one attached hydrogen (secondary N) is 3. The van der Waals surface area contributed by atoms with Crippen molar-refractivity contribution in [2.75, 3.05) is 7.05 Å². The predicted molar refractivity (Wildman–Crippen MR) is 71.9 cm³/mol.